The quantitative estimate of drug-likeness (QED) is 0.365. The molecule has 2 aromatic carbocycles. The van der Waals surface area contributed by atoms with E-state index in [1.165, 1.54) is 26.5 Å². The van der Waals surface area contributed by atoms with Gasteiger partial charge in [-0.1, -0.05) is 6.07 Å². The zero-order valence-corrected chi connectivity index (χ0v) is 19.2. The lowest BCUT2D eigenvalue weighted by Gasteiger charge is -2.39. The van der Waals surface area contributed by atoms with Gasteiger partial charge in [-0.3, -0.25) is 4.79 Å². The molecular formula is C24H24O12. The number of methoxy groups -OCH3 is 2. The molecular weight excluding hydrogens is 480 g/mol. The first-order chi connectivity index (χ1) is 17.4. The van der Waals surface area contributed by atoms with Crippen LogP contribution < -0.4 is 29.1 Å². The second-order valence-electron chi connectivity index (χ2n) is 8.18. The van der Waals surface area contributed by atoms with Gasteiger partial charge >= 0.3 is 0 Å². The summed E-state index contributed by atoms with van der Waals surface area (Å²) in [7, 11) is 2.68. The third kappa shape index (κ3) is 3.88. The minimum absolute atomic E-state index is 0.00269. The fourth-order valence-electron chi connectivity index (χ4n) is 4.22. The molecule has 12 nitrogen and oxygen atoms in total. The molecule has 1 aromatic heterocycles. The smallest absolute Gasteiger partial charge is 0.231 e. The van der Waals surface area contributed by atoms with E-state index in [1.807, 2.05) is 0 Å². The lowest BCUT2D eigenvalue weighted by Crippen LogP contribution is -2.60. The van der Waals surface area contributed by atoms with Crippen molar-refractivity contribution in [3.8, 4) is 39.9 Å². The Kier molecular flexibility index (Phi) is 6.36. The first kappa shape index (κ1) is 24.2. The molecule has 0 radical (unpaired) electrons. The van der Waals surface area contributed by atoms with E-state index in [0.717, 1.165) is 0 Å². The lowest BCUT2D eigenvalue weighted by molar-refractivity contribution is -0.277. The lowest BCUT2D eigenvalue weighted by atomic mass is 9.99. The fourth-order valence-corrected chi connectivity index (χ4v) is 4.22. The molecule has 1 saturated heterocycles. The monoisotopic (exact) mass is 504 g/mol. The summed E-state index contributed by atoms with van der Waals surface area (Å²) in [5.41, 5.74) is 0.372. The molecule has 0 saturated carbocycles. The Morgan fingerprint density at radius 2 is 1.75 bits per heavy atom. The van der Waals surface area contributed by atoms with Crippen LogP contribution in [0.1, 0.15) is 0 Å². The summed E-state index contributed by atoms with van der Waals surface area (Å²) in [4.78, 5) is 13.5. The third-order valence-electron chi connectivity index (χ3n) is 6.13. The van der Waals surface area contributed by atoms with E-state index >= 15 is 0 Å². The molecule has 0 amide bonds. The van der Waals surface area contributed by atoms with Crippen molar-refractivity contribution in [3.63, 3.8) is 0 Å². The van der Waals surface area contributed by atoms with Crippen molar-refractivity contribution >= 4 is 11.0 Å². The summed E-state index contributed by atoms with van der Waals surface area (Å²) in [5, 5.41) is 39.9. The Labute approximate surface area is 203 Å². The van der Waals surface area contributed by atoms with Crippen LogP contribution in [0.25, 0.3) is 22.1 Å². The highest BCUT2D eigenvalue weighted by molar-refractivity contribution is 5.93. The Morgan fingerprint density at radius 1 is 0.972 bits per heavy atom. The standard InChI is InChI=1S/C24H24O12/c1-30-14-6-15(35-24-21(29)20(28)19(27)16(7-25)36-24)22(31-2)23-17(14)18(26)11(8-32-23)10-3-4-12-13(5-10)34-9-33-12/h3-6,8,16,19-21,24-25,27-29H,7,9H2,1-2H3/t16-,19-,20-,21+,24-/m1/s1. The molecule has 36 heavy (non-hydrogen) atoms. The summed E-state index contributed by atoms with van der Waals surface area (Å²) >= 11 is 0. The van der Waals surface area contributed by atoms with Crippen LogP contribution >= 0.6 is 0 Å². The van der Waals surface area contributed by atoms with Gasteiger partial charge in [0.2, 0.25) is 24.3 Å². The Morgan fingerprint density at radius 3 is 2.47 bits per heavy atom. The van der Waals surface area contributed by atoms with Crippen molar-refractivity contribution in [3.05, 3.63) is 40.8 Å². The van der Waals surface area contributed by atoms with E-state index in [-0.39, 0.29) is 40.6 Å². The molecule has 2 aliphatic rings. The van der Waals surface area contributed by atoms with Crippen LogP contribution in [0.5, 0.6) is 28.7 Å². The van der Waals surface area contributed by atoms with Crippen LogP contribution in [0.4, 0.5) is 0 Å². The summed E-state index contributed by atoms with van der Waals surface area (Å²) in [6, 6.07) is 6.41. The van der Waals surface area contributed by atoms with Gasteiger partial charge in [0, 0.05) is 6.07 Å². The van der Waals surface area contributed by atoms with Crippen LogP contribution in [0.3, 0.4) is 0 Å². The van der Waals surface area contributed by atoms with Crippen LogP contribution in [-0.2, 0) is 4.74 Å². The molecule has 12 heteroatoms. The van der Waals surface area contributed by atoms with E-state index in [2.05, 4.69) is 0 Å². The third-order valence-corrected chi connectivity index (χ3v) is 6.13. The van der Waals surface area contributed by atoms with E-state index in [9.17, 15) is 25.2 Å². The van der Waals surface area contributed by atoms with Crippen LogP contribution in [-0.4, -0.2) is 78.8 Å². The maximum absolute atomic E-state index is 13.5. The summed E-state index contributed by atoms with van der Waals surface area (Å²) in [6.45, 7) is -0.534. The number of aliphatic hydroxyl groups excluding tert-OH is 4. The van der Waals surface area contributed by atoms with Gasteiger partial charge in [0.05, 0.1) is 26.4 Å². The molecule has 3 aromatic rings. The number of aliphatic hydroxyl groups is 4. The Hall–Kier alpha value is -3.55. The molecule has 1 fully saturated rings. The predicted octanol–water partition coefficient (Wildman–Crippen LogP) is 0.385. The highest BCUT2D eigenvalue weighted by atomic mass is 16.7. The zero-order valence-electron chi connectivity index (χ0n) is 19.2. The van der Waals surface area contributed by atoms with Crippen molar-refractivity contribution in [2.75, 3.05) is 27.6 Å². The minimum atomic E-state index is -1.66. The number of ether oxygens (including phenoxy) is 6. The van der Waals surface area contributed by atoms with E-state index in [1.54, 1.807) is 18.2 Å². The first-order valence-electron chi connectivity index (χ1n) is 11.0. The molecule has 192 valence electrons. The maximum atomic E-state index is 13.5. The van der Waals surface area contributed by atoms with Crippen molar-refractivity contribution in [2.45, 2.75) is 30.7 Å². The molecule has 3 heterocycles. The van der Waals surface area contributed by atoms with Crippen molar-refractivity contribution in [2.24, 2.45) is 0 Å². The van der Waals surface area contributed by atoms with E-state index < -0.39 is 42.7 Å². The molecule has 4 N–H and O–H groups in total. The van der Waals surface area contributed by atoms with Crippen molar-refractivity contribution < 1.29 is 53.3 Å². The van der Waals surface area contributed by atoms with Crippen molar-refractivity contribution in [1.29, 1.82) is 0 Å². The minimum Gasteiger partial charge on any atom is -0.496 e. The number of hydrogen-bond acceptors (Lipinski definition) is 12. The van der Waals surface area contributed by atoms with Gasteiger partial charge in [0.1, 0.15) is 41.8 Å². The topological polar surface area (TPSA) is 167 Å². The molecule has 0 unspecified atom stereocenters. The van der Waals surface area contributed by atoms with Crippen molar-refractivity contribution in [1.82, 2.24) is 0 Å². The SMILES string of the molecule is COc1c(O[C@@H]2O[C@H](CO)[C@@H](O)[C@@H](O)[C@@H]2O)cc(OC)c2c(=O)c(-c3ccc4c(c3)OCO4)coc12. The predicted molar refractivity (Wildman–Crippen MR) is 122 cm³/mol. The van der Waals surface area contributed by atoms with Gasteiger partial charge in [-0.15, -0.1) is 0 Å². The number of hydrogen-bond donors (Lipinski definition) is 4. The normalized spacial score (nSPS) is 25.1. The largest absolute Gasteiger partial charge is 0.496 e. The molecule has 0 spiro atoms. The van der Waals surface area contributed by atoms with Gasteiger partial charge in [0.25, 0.3) is 0 Å². The first-order valence-corrected chi connectivity index (χ1v) is 11.0. The summed E-state index contributed by atoms with van der Waals surface area (Å²) in [6.07, 6.45) is -6.25. The van der Waals surface area contributed by atoms with Gasteiger partial charge in [-0.2, -0.15) is 0 Å². The highest BCUT2D eigenvalue weighted by Gasteiger charge is 2.45. The van der Waals surface area contributed by atoms with Gasteiger partial charge < -0.3 is 53.3 Å². The zero-order chi connectivity index (χ0) is 25.6. The fraction of sp³-hybridized carbons (Fsp3) is 0.375. The van der Waals surface area contributed by atoms with E-state index in [4.69, 9.17) is 32.8 Å². The van der Waals surface area contributed by atoms with Crippen LogP contribution in [0, 0.1) is 0 Å². The van der Waals surface area contributed by atoms with Crippen LogP contribution in [0.2, 0.25) is 0 Å². The second-order valence-corrected chi connectivity index (χ2v) is 8.18. The van der Waals surface area contributed by atoms with Crippen LogP contribution in [0.15, 0.2) is 39.7 Å². The average molecular weight is 504 g/mol. The summed E-state index contributed by atoms with van der Waals surface area (Å²) < 4.78 is 38.6. The summed E-state index contributed by atoms with van der Waals surface area (Å²) in [5.74, 6) is 1.11. The van der Waals surface area contributed by atoms with Gasteiger partial charge in [-0.25, -0.2) is 0 Å². The Bertz CT molecular complexity index is 1330. The number of rotatable bonds is 6. The average Bonchev–Trinajstić information content (AvgIpc) is 3.36. The molecule has 5 atom stereocenters. The van der Waals surface area contributed by atoms with Gasteiger partial charge in [0.15, 0.2) is 22.8 Å². The second kappa shape index (κ2) is 9.48. The highest BCUT2D eigenvalue weighted by Crippen LogP contribution is 2.43. The van der Waals surface area contributed by atoms with E-state index in [0.29, 0.717) is 17.1 Å². The number of benzene rings is 2. The number of fused-ring (bicyclic) bond motifs is 2. The molecule has 0 bridgehead atoms. The Balaban J connectivity index is 1.58. The molecule has 2 aliphatic heterocycles. The molecule has 0 aliphatic carbocycles. The van der Waals surface area contributed by atoms with Gasteiger partial charge in [-0.05, 0) is 17.7 Å². The molecule has 5 rings (SSSR count). The maximum Gasteiger partial charge on any atom is 0.231 e.